The van der Waals surface area contributed by atoms with Crippen molar-refractivity contribution in [2.45, 2.75) is 25.9 Å². The minimum Gasteiger partial charge on any atom is -0.480 e. The van der Waals surface area contributed by atoms with Crippen molar-refractivity contribution < 1.29 is 19.5 Å². The molecule has 2 saturated heterocycles. The van der Waals surface area contributed by atoms with Crippen LogP contribution in [0, 0.1) is 0 Å². The smallest absolute Gasteiger partial charge is 0.328 e. The Bertz CT molecular complexity index is 442. The van der Waals surface area contributed by atoms with Gasteiger partial charge in [0.15, 0.2) is 0 Å². The molecular weight excluding hydrogens is 276 g/mol. The predicted molar refractivity (Wildman–Crippen MR) is 74.8 cm³/mol. The van der Waals surface area contributed by atoms with Gasteiger partial charge in [-0.3, -0.25) is 14.6 Å². The van der Waals surface area contributed by atoms with Crippen molar-refractivity contribution in [3.63, 3.8) is 0 Å². The third-order valence-corrected chi connectivity index (χ3v) is 4.16. The number of hydrogen-bond donors (Lipinski definition) is 2. The number of carboxylic acid groups (broad SMARTS) is 1. The fourth-order valence-corrected chi connectivity index (χ4v) is 2.88. The van der Waals surface area contributed by atoms with Crippen molar-refractivity contribution in [2.75, 3.05) is 39.3 Å². The van der Waals surface area contributed by atoms with Crippen molar-refractivity contribution in [3.8, 4) is 0 Å². The highest BCUT2D eigenvalue weighted by Crippen LogP contribution is 2.14. The number of piperazine rings is 2. The largest absolute Gasteiger partial charge is 0.480 e. The Hall–Kier alpha value is -1.83. The number of hydrogen-bond acceptors (Lipinski definition) is 4. The van der Waals surface area contributed by atoms with Crippen LogP contribution in [-0.4, -0.2) is 89.1 Å². The molecule has 2 N–H and O–H groups in total. The lowest BCUT2D eigenvalue weighted by Gasteiger charge is -2.42. The highest BCUT2D eigenvalue weighted by atomic mass is 16.4. The number of rotatable bonds is 2. The maximum atomic E-state index is 12.5. The summed E-state index contributed by atoms with van der Waals surface area (Å²) in [6.07, 6.45) is 0. The van der Waals surface area contributed by atoms with Crippen LogP contribution in [0.2, 0.25) is 0 Å². The van der Waals surface area contributed by atoms with E-state index in [9.17, 15) is 19.5 Å². The predicted octanol–water partition coefficient (Wildman–Crippen LogP) is -0.983. The van der Waals surface area contributed by atoms with Gasteiger partial charge in [-0.1, -0.05) is 6.92 Å². The monoisotopic (exact) mass is 298 g/mol. The van der Waals surface area contributed by atoms with Gasteiger partial charge in [0.1, 0.15) is 12.6 Å². The van der Waals surface area contributed by atoms with Crippen LogP contribution in [0.5, 0.6) is 0 Å². The third kappa shape index (κ3) is 3.26. The number of likely N-dealkylation sites (N-methyl/N-ethyl adjacent to an activating group) is 1. The quantitative estimate of drug-likeness (QED) is 0.683. The second-order valence-corrected chi connectivity index (χ2v) is 5.49. The van der Waals surface area contributed by atoms with Gasteiger partial charge in [-0.2, -0.15) is 0 Å². The molecule has 2 atom stereocenters. The lowest BCUT2D eigenvalue weighted by Crippen LogP contribution is -2.64. The van der Waals surface area contributed by atoms with E-state index < -0.39 is 12.0 Å². The number of carboxylic acids is 1. The number of aliphatic carboxylic acids is 1. The maximum absolute atomic E-state index is 12.5. The van der Waals surface area contributed by atoms with Crippen LogP contribution in [-0.2, 0) is 9.59 Å². The molecule has 21 heavy (non-hydrogen) atoms. The highest BCUT2D eigenvalue weighted by molar-refractivity contribution is 5.90. The molecule has 0 aromatic heterocycles. The van der Waals surface area contributed by atoms with E-state index in [4.69, 9.17) is 0 Å². The minimum atomic E-state index is -1.09. The molecule has 8 nitrogen and oxygen atoms in total. The Morgan fingerprint density at radius 1 is 1.38 bits per heavy atom. The Morgan fingerprint density at radius 3 is 2.67 bits per heavy atom. The first-order valence-electron chi connectivity index (χ1n) is 7.23. The van der Waals surface area contributed by atoms with Crippen LogP contribution in [0.1, 0.15) is 13.8 Å². The Labute approximate surface area is 123 Å². The van der Waals surface area contributed by atoms with E-state index in [0.29, 0.717) is 13.1 Å². The normalized spacial score (nSPS) is 27.4. The molecule has 2 heterocycles. The van der Waals surface area contributed by atoms with Crippen molar-refractivity contribution in [1.29, 1.82) is 0 Å². The number of nitrogens with zero attached hydrogens (tertiary/aromatic N) is 3. The molecule has 2 unspecified atom stereocenters. The summed E-state index contributed by atoms with van der Waals surface area (Å²) in [6.45, 7) is 6.68. The van der Waals surface area contributed by atoms with E-state index in [2.05, 4.69) is 17.1 Å². The lowest BCUT2D eigenvalue weighted by atomic mass is 10.1. The van der Waals surface area contributed by atoms with Crippen LogP contribution >= 0.6 is 0 Å². The Balaban J connectivity index is 2.07. The molecule has 0 aromatic rings. The summed E-state index contributed by atoms with van der Waals surface area (Å²) in [4.78, 5) is 40.3. The molecule has 0 bridgehead atoms. The van der Waals surface area contributed by atoms with Crippen molar-refractivity contribution in [2.24, 2.45) is 0 Å². The number of carbonyl (C=O) groups is 3. The van der Waals surface area contributed by atoms with E-state index in [-0.39, 0.29) is 31.1 Å². The van der Waals surface area contributed by atoms with E-state index in [1.54, 1.807) is 4.90 Å². The molecule has 118 valence electrons. The summed E-state index contributed by atoms with van der Waals surface area (Å²) in [7, 11) is 0. The summed E-state index contributed by atoms with van der Waals surface area (Å²) in [5.74, 6) is -1.41. The van der Waals surface area contributed by atoms with Gasteiger partial charge in [-0.25, -0.2) is 9.59 Å². The van der Waals surface area contributed by atoms with Crippen molar-refractivity contribution in [3.05, 3.63) is 0 Å². The van der Waals surface area contributed by atoms with Gasteiger partial charge >= 0.3 is 12.0 Å². The lowest BCUT2D eigenvalue weighted by molar-refractivity contribution is -0.144. The highest BCUT2D eigenvalue weighted by Gasteiger charge is 2.38. The van der Waals surface area contributed by atoms with Gasteiger partial charge in [-0.15, -0.1) is 0 Å². The molecule has 0 saturated carbocycles. The van der Waals surface area contributed by atoms with Gasteiger partial charge in [0.25, 0.3) is 0 Å². The van der Waals surface area contributed by atoms with Crippen molar-refractivity contribution >= 4 is 17.9 Å². The number of urea groups is 1. The average Bonchev–Trinajstić information content (AvgIpc) is 2.45. The van der Waals surface area contributed by atoms with Gasteiger partial charge in [0, 0.05) is 32.2 Å². The first-order valence-corrected chi connectivity index (χ1v) is 7.23. The van der Waals surface area contributed by atoms with Crippen LogP contribution in [0.4, 0.5) is 4.79 Å². The summed E-state index contributed by atoms with van der Waals surface area (Å²) in [6, 6.07) is -1.12. The molecule has 0 spiro atoms. The molecule has 3 amide bonds. The van der Waals surface area contributed by atoms with Gasteiger partial charge in [0.05, 0.1) is 0 Å². The summed E-state index contributed by atoms with van der Waals surface area (Å²) >= 11 is 0. The van der Waals surface area contributed by atoms with E-state index in [1.807, 2.05) is 6.92 Å². The second kappa shape index (κ2) is 6.30. The zero-order valence-electron chi connectivity index (χ0n) is 12.4. The number of carbonyl (C=O) groups excluding carboxylic acids is 2. The molecule has 2 aliphatic heterocycles. The fraction of sp³-hybridized carbons (Fsp3) is 0.769. The Morgan fingerprint density at radius 2 is 2.10 bits per heavy atom. The topological polar surface area (TPSA) is 93.2 Å². The fourth-order valence-electron chi connectivity index (χ4n) is 2.88. The zero-order chi connectivity index (χ0) is 15.6. The molecular formula is C13H22N4O4. The van der Waals surface area contributed by atoms with Crippen molar-refractivity contribution in [1.82, 2.24) is 20.0 Å². The van der Waals surface area contributed by atoms with Gasteiger partial charge in [0.2, 0.25) is 5.91 Å². The molecule has 8 heteroatoms. The summed E-state index contributed by atoms with van der Waals surface area (Å²) in [5, 5.41) is 11.7. The SMILES string of the molecule is CCN1CCN(C(=O)N2CC(=O)NCC2C(=O)O)CC1C. The van der Waals surface area contributed by atoms with E-state index in [0.717, 1.165) is 18.0 Å². The molecule has 2 rings (SSSR count). The van der Waals surface area contributed by atoms with Gasteiger partial charge < -0.3 is 15.3 Å². The van der Waals surface area contributed by atoms with Crippen LogP contribution < -0.4 is 5.32 Å². The van der Waals surface area contributed by atoms with Gasteiger partial charge in [-0.05, 0) is 13.5 Å². The first-order chi connectivity index (χ1) is 9.93. The average molecular weight is 298 g/mol. The molecule has 0 radical (unpaired) electrons. The minimum absolute atomic E-state index is 0.0373. The van der Waals surface area contributed by atoms with E-state index in [1.165, 1.54) is 0 Å². The molecule has 0 aliphatic carbocycles. The second-order valence-electron chi connectivity index (χ2n) is 5.49. The summed E-state index contributed by atoms with van der Waals surface area (Å²) in [5.41, 5.74) is 0. The molecule has 2 fully saturated rings. The number of nitrogens with one attached hydrogen (secondary N) is 1. The zero-order valence-corrected chi connectivity index (χ0v) is 12.4. The number of amides is 3. The third-order valence-electron chi connectivity index (χ3n) is 4.16. The standard InChI is InChI=1S/C13H22N4O4/c1-3-15-4-5-16(7-9(15)2)13(21)17-8-11(18)14-6-10(17)12(19)20/h9-10H,3-8H2,1-2H3,(H,14,18)(H,19,20). The van der Waals surface area contributed by atoms with Crippen LogP contribution in [0.15, 0.2) is 0 Å². The van der Waals surface area contributed by atoms with Crippen LogP contribution in [0.25, 0.3) is 0 Å². The summed E-state index contributed by atoms with van der Waals surface area (Å²) < 4.78 is 0. The molecule has 2 aliphatic rings. The van der Waals surface area contributed by atoms with E-state index >= 15 is 0 Å². The van der Waals surface area contributed by atoms with Crippen LogP contribution in [0.3, 0.4) is 0 Å². The Kier molecular flexibility index (Phi) is 4.66. The molecule has 0 aromatic carbocycles. The maximum Gasteiger partial charge on any atom is 0.328 e. The first kappa shape index (κ1) is 15.6.